The van der Waals surface area contributed by atoms with Crippen molar-refractivity contribution in [2.24, 2.45) is 0 Å². The van der Waals surface area contributed by atoms with Gasteiger partial charge in [-0.25, -0.2) is 8.42 Å². The summed E-state index contributed by atoms with van der Waals surface area (Å²) >= 11 is 3.38. The van der Waals surface area contributed by atoms with Crippen LogP contribution in [0.3, 0.4) is 0 Å². The zero-order valence-corrected chi connectivity index (χ0v) is 12.5. The Bertz CT molecular complexity index is 713. The van der Waals surface area contributed by atoms with Gasteiger partial charge in [0.05, 0.1) is 18.0 Å². The number of anilines is 1. The topological polar surface area (TPSA) is 37.4 Å². The molecule has 98 valence electrons. The first-order chi connectivity index (χ1) is 9.06. The molecule has 0 amide bonds. The Labute approximate surface area is 121 Å². The molecule has 0 spiro atoms. The highest BCUT2D eigenvalue weighted by molar-refractivity contribution is 9.10. The summed E-state index contributed by atoms with van der Waals surface area (Å²) < 4.78 is 26.9. The molecule has 0 fully saturated rings. The van der Waals surface area contributed by atoms with E-state index in [1.54, 1.807) is 0 Å². The molecule has 0 radical (unpaired) electrons. The number of nitrogens with zero attached hydrogens (tertiary/aromatic N) is 1. The Morgan fingerprint density at radius 1 is 1.11 bits per heavy atom. The third kappa shape index (κ3) is 2.40. The van der Waals surface area contributed by atoms with Gasteiger partial charge in [-0.3, -0.25) is 4.31 Å². The predicted octanol–water partition coefficient (Wildman–Crippen LogP) is 3.30. The van der Waals surface area contributed by atoms with Gasteiger partial charge in [0, 0.05) is 4.47 Å². The summed E-state index contributed by atoms with van der Waals surface area (Å²) in [7, 11) is -3.25. The summed E-state index contributed by atoms with van der Waals surface area (Å²) in [5.74, 6) is 0.0780. The number of rotatable bonds is 2. The number of halogens is 1. The molecule has 2 aromatic rings. The summed E-state index contributed by atoms with van der Waals surface area (Å²) in [5.41, 5.74) is 2.62. The molecule has 3 rings (SSSR count). The molecular formula is C14H12BrNO2S. The number of hydrogen-bond donors (Lipinski definition) is 0. The maximum absolute atomic E-state index is 12.2. The highest BCUT2D eigenvalue weighted by atomic mass is 79.9. The minimum Gasteiger partial charge on any atom is -0.265 e. The highest BCUT2D eigenvalue weighted by Gasteiger charge is 2.32. The first kappa shape index (κ1) is 12.7. The van der Waals surface area contributed by atoms with Crippen LogP contribution in [0.1, 0.15) is 11.1 Å². The average molecular weight is 338 g/mol. The van der Waals surface area contributed by atoms with Crippen molar-refractivity contribution in [1.29, 1.82) is 0 Å². The van der Waals surface area contributed by atoms with E-state index < -0.39 is 10.0 Å². The van der Waals surface area contributed by atoms with Crippen molar-refractivity contribution in [3.05, 3.63) is 64.1 Å². The molecule has 0 bridgehead atoms. The molecule has 2 aromatic carbocycles. The van der Waals surface area contributed by atoms with E-state index in [-0.39, 0.29) is 5.75 Å². The van der Waals surface area contributed by atoms with Gasteiger partial charge in [0.1, 0.15) is 0 Å². The normalized spacial score (nSPS) is 16.4. The maximum Gasteiger partial charge on any atom is 0.239 e. The van der Waals surface area contributed by atoms with Crippen LogP contribution < -0.4 is 4.31 Å². The maximum atomic E-state index is 12.2. The van der Waals surface area contributed by atoms with Gasteiger partial charge in [0.25, 0.3) is 0 Å². The molecular weight excluding hydrogens is 326 g/mol. The molecule has 5 heteroatoms. The zero-order chi connectivity index (χ0) is 13.5. The van der Waals surface area contributed by atoms with E-state index >= 15 is 0 Å². The van der Waals surface area contributed by atoms with E-state index in [0.717, 1.165) is 21.3 Å². The Morgan fingerprint density at radius 3 is 2.58 bits per heavy atom. The van der Waals surface area contributed by atoms with E-state index in [9.17, 15) is 8.42 Å². The molecule has 0 saturated carbocycles. The Balaban J connectivity index is 2.01. The van der Waals surface area contributed by atoms with Crippen molar-refractivity contribution < 1.29 is 8.42 Å². The molecule has 0 unspecified atom stereocenters. The van der Waals surface area contributed by atoms with Crippen LogP contribution in [0.5, 0.6) is 0 Å². The number of hydrogen-bond acceptors (Lipinski definition) is 2. The lowest BCUT2D eigenvalue weighted by atomic mass is 10.2. The van der Waals surface area contributed by atoms with Crippen LogP contribution in [0, 0.1) is 0 Å². The van der Waals surface area contributed by atoms with Crippen LogP contribution in [0.4, 0.5) is 5.69 Å². The molecule has 1 heterocycles. The minimum atomic E-state index is -3.25. The summed E-state index contributed by atoms with van der Waals surface area (Å²) in [5, 5.41) is 0. The second-order valence-electron chi connectivity index (χ2n) is 4.52. The lowest BCUT2D eigenvalue weighted by molar-refractivity contribution is 0.593. The van der Waals surface area contributed by atoms with Crippen molar-refractivity contribution in [2.45, 2.75) is 12.3 Å². The third-order valence-electron chi connectivity index (χ3n) is 3.15. The molecule has 1 aliphatic heterocycles. The quantitative estimate of drug-likeness (QED) is 0.843. The first-order valence-electron chi connectivity index (χ1n) is 5.89. The SMILES string of the molecule is O=S1(=O)Cc2cc(Br)ccc2N1Cc1ccccc1. The monoisotopic (exact) mass is 337 g/mol. The van der Waals surface area contributed by atoms with Gasteiger partial charge in [-0.1, -0.05) is 46.3 Å². The largest absolute Gasteiger partial charge is 0.265 e. The Morgan fingerprint density at radius 2 is 1.84 bits per heavy atom. The van der Waals surface area contributed by atoms with Gasteiger partial charge < -0.3 is 0 Å². The molecule has 0 saturated heterocycles. The lowest BCUT2D eigenvalue weighted by Gasteiger charge is -2.18. The molecule has 0 atom stereocenters. The first-order valence-corrected chi connectivity index (χ1v) is 8.29. The molecule has 0 aromatic heterocycles. The second-order valence-corrected chi connectivity index (χ2v) is 7.33. The molecule has 19 heavy (non-hydrogen) atoms. The van der Waals surface area contributed by atoms with Gasteiger partial charge in [-0.05, 0) is 29.3 Å². The van der Waals surface area contributed by atoms with Gasteiger partial charge in [-0.15, -0.1) is 0 Å². The summed E-state index contributed by atoms with van der Waals surface area (Å²) in [6, 6.07) is 15.2. The van der Waals surface area contributed by atoms with Crippen LogP contribution in [-0.2, 0) is 22.3 Å². The summed E-state index contributed by atoms with van der Waals surface area (Å²) in [6.07, 6.45) is 0. The fraction of sp³-hybridized carbons (Fsp3) is 0.143. The fourth-order valence-electron chi connectivity index (χ4n) is 2.27. The van der Waals surface area contributed by atoms with Crippen LogP contribution in [-0.4, -0.2) is 8.42 Å². The van der Waals surface area contributed by atoms with E-state index in [2.05, 4.69) is 15.9 Å². The number of benzene rings is 2. The van der Waals surface area contributed by atoms with Crippen LogP contribution >= 0.6 is 15.9 Å². The van der Waals surface area contributed by atoms with Crippen molar-refractivity contribution in [2.75, 3.05) is 4.31 Å². The van der Waals surface area contributed by atoms with E-state index in [0.29, 0.717) is 6.54 Å². The van der Waals surface area contributed by atoms with Crippen LogP contribution in [0.15, 0.2) is 53.0 Å². The van der Waals surface area contributed by atoms with Crippen LogP contribution in [0.25, 0.3) is 0 Å². The predicted molar refractivity (Wildman–Crippen MR) is 79.4 cm³/mol. The molecule has 1 aliphatic rings. The van der Waals surface area contributed by atoms with E-state index in [4.69, 9.17) is 0 Å². The Kier molecular flexibility index (Phi) is 3.11. The van der Waals surface area contributed by atoms with Crippen molar-refractivity contribution in [3.63, 3.8) is 0 Å². The number of sulfonamides is 1. The zero-order valence-electron chi connectivity index (χ0n) is 10.1. The second kappa shape index (κ2) is 4.65. The lowest BCUT2D eigenvalue weighted by Crippen LogP contribution is -2.26. The summed E-state index contributed by atoms with van der Waals surface area (Å²) in [4.78, 5) is 0. The molecule has 3 nitrogen and oxygen atoms in total. The van der Waals surface area contributed by atoms with Gasteiger partial charge in [0.15, 0.2) is 0 Å². The van der Waals surface area contributed by atoms with Gasteiger partial charge >= 0.3 is 0 Å². The van der Waals surface area contributed by atoms with Crippen molar-refractivity contribution in [3.8, 4) is 0 Å². The van der Waals surface area contributed by atoms with E-state index in [1.807, 2.05) is 48.5 Å². The third-order valence-corrected chi connectivity index (χ3v) is 5.32. The van der Waals surface area contributed by atoms with Crippen LogP contribution in [0.2, 0.25) is 0 Å². The van der Waals surface area contributed by atoms with Crippen molar-refractivity contribution in [1.82, 2.24) is 0 Å². The molecule has 0 N–H and O–H groups in total. The fourth-order valence-corrected chi connectivity index (χ4v) is 4.28. The average Bonchev–Trinajstić information content (AvgIpc) is 2.61. The Hall–Kier alpha value is -1.33. The van der Waals surface area contributed by atoms with E-state index in [1.165, 1.54) is 4.31 Å². The molecule has 0 aliphatic carbocycles. The van der Waals surface area contributed by atoms with Gasteiger partial charge in [-0.2, -0.15) is 0 Å². The van der Waals surface area contributed by atoms with Gasteiger partial charge in [0.2, 0.25) is 10.0 Å². The smallest absolute Gasteiger partial charge is 0.239 e. The highest BCUT2D eigenvalue weighted by Crippen LogP contribution is 2.36. The van der Waals surface area contributed by atoms with Crippen molar-refractivity contribution >= 4 is 31.6 Å². The summed E-state index contributed by atoms with van der Waals surface area (Å²) in [6.45, 7) is 0.387. The standard InChI is InChI=1S/C14H12BrNO2S/c15-13-6-7-14-12(8-13)10-19(17,18)16(14)9-11-4-2-1-3-5-11/h1-8H,9-10H2. The minimum absolute atomic E-state index is 0.0780. The number of fused-ring (bicyclic) bond motifs is 1.